The topological polar surface area (TPSA) is 134 Å². The zero-order chi connectivity index (χ0) is 29.4. The zero-order valence-corrected chi connectivity index (χ0v) is 22.2. The van der Waals surface area contributed by atoms with Crippen LogP contribution in [0.5, 0.6) is 5.75 Å². The SMILES string of the molecule is N#Cc1ccc(OCc2nc(N3CCN(Cc4nc5ccc(C(=O)O)cc5n4CC4CCO4)C3=O)ccc2F)c(F)c1. The largest absolute Gasteiger partial charge is 0.484 e. The lowest BCUT2D eigenvalue weighted by molar-refractivity contribution is -0.0591. The smallest absolute Gasteiger partial charge is 0.335 e. The molecule has 2 aliphatic heterocycles. The molecular formula is C29H24F2N6O5. The number of fused-ring (bicyclic) bond motifs is 1. The second-order valence-electron chi connectivity index (χ2n) is 9.93. The van der Waals surface area contributed by atoms with Gasteiger partial charge in [0.05, 0.1) is 47.4 Å². The van der Waals surface area contributed by atoms with E-state index in [1.165, 1.54) is 35.2 Å². The minimum Gasteiger partial charge on any atom is -0.484 e. The number of anilines is 1. The van der Waals surface area contributed by atoms with Gasteiger partial charge in [-0.3, -0.25) is 4.90 Å². The van der Waals surface area contributed by atoms with Crippen LogP contribution in [0.2, 0.25) is 0 Å². The van der Waals surface area contributed by atoms with Crippen molar-refractivity contribution >= 4 is 28.9 Å². The van der Waals surface area contributed by atoms with Gasteiger partial charge in [-0.15, -0.1) is 0 Å². The second kappa shape index (κ2) is 11.1. The molecule has 214 valence electrons. The van der Waals surface area contributed by atoms with Gasteiger partial charge in [-0.25, -0.2) is 28.3 Å². The molecule has 2 aromatic heterocycles. The molecule has 0 spiro atoms. The molecule has 2 amide bonds. The number of nitriles is 1. The van der Waals surface area contributed by atoms with Crippen LogP contribution in [-0.4, -0.2) is 62.3 Å². The Morgan fingerprint density at radius 2 is 1.95 bits per heavy atom. The quantitative estimate of drug-likeness (QED) is 0.316. The molecule has 6 rings (SSSR count). The maximum atomic E-state index is 14.6. The van der Waals surface area contributed by atoms with Crippen LogP contribution in [0.3, 0.4) is 0 Å². The number of carboxylic acids is 1. The van der Waals surface area contributed by atoms with Crippen LogP contribution in [-0.2, 0) is 24.4 Å². The molecular weight excluding hydrogens is 550 g/mol. The number of benzene rings is 2. The normalized spacial score (nSPS) is 16.5. The zero-order valence-electron chi connectivity index (χ0n) is 22.2. The lowest BCUT2D eigenvalue weighted by Gasteiger charge is -2.28. The maximum absolute atomic E-state index is 14.6. The lowest BCUT2D eigenvalue weighted by atomic mass is 10.1. The first-order valence-electron chi connectivity index (χ1n) is 13.2. The van der Waals surface area contributed by atoms with Crippen molar-refractivity contribution < 1.29 is 33.0 Å². The van der Waals surface area contributed by atoms with Crippen molar-refractivity contribution in [2.24, 2.45) is 0 Å². The fourth-order valence-electron chi connectivity index (χ4n) is 4.93. The number of carboxylic acid groups (broad SMARTS) is 1. The highest BCUT2D eigenvalue weighted by Crippen LogP contribution is 2.26. The summed E-state index contributed by atoms with van der Waals surface area (Å²) < 4.78 is 41.6. The number of carbonyl (C=O) groups excluding carboxylic acids is 1. The highest BCUT2D eigenvalue weighted by molar-refractivity contribution is 5.94. The van der Waals surface area contributed by atoms with Gasteiger partial charge in [-0.2, -0.15) is 5.26 Å². The van der Waals surface area contributed by atoms with Gasteiger partial charge in [0.2, 0.25) is 0 Å². The predicted molar refractivity (Wildman–Crippen MR) is 144 cm³/mol. The Kier molecular flexibility index (Phi) is 7.13. The van der Waals surface area contributed by atoms with Crippen LogP contribution < -0.4 is 9.64 Å². The summed E-state index contributed by atoms with van der Waals surface area (Å²) in [5, 5.41) is 18.4. The third-order valence-corrected chi connectivity index (χ3v) is 7.29. The van der Waals surface area contributed by atoms with E-state index in [0.29, 0.717) is 36.6 Å². The van der Waals surface area contributed by atoms with E-state index in [2.05, 4.69) is 9.97 Å². The van der Waals surface area contributed by atoms with Crippen LogP contribution in [0.4, 0.5) is 19.4 Å². The highest BCUT2D eigenvalue weighted by Gasteiger charge is 2.33. The Labute approximate surface area is 238 Å². The average molecular weight is 575 g/mol. The molecule has 1 N–H and O–H groups in total. The fourth-order valence-corrected chi connectivity index (χ4v) is 4.93. The number of rotatable bonds is 9. The van der Waals surface area contributed by atoms with E-state index in [4.69, 9.17) is 14.7 Å². The van der Waals surface area contributed by atoms with Crippen LogP contribution in [0.25, 0.3) is 11.0 Å². The molecule has 42 heavy (non-hydrogen) atoms. The summed E-state index contributed by atoms with van der Waals surface area (Å²) in [4.78, 5) is 36.9. The summed E-state index contributed by atoms with van der Waals surface area (Å²) >= 11 is 0. The van der Waals surface area contributed by atoms with Gasteiger partial charge in [0, 0.05) is 19.7 Å². The van der Waals surface area contributed by atoms with Crippen molar-refractivity contribution in [3.63, 3.8) is 0 Å². The fraction of sp³-hybridized carbons (Fsp3) is 0.276. The van der Waals surface area contributed by atoms with E-state index in [1.807, 2.05) is 10.6 Å². The summed E-state index contributed by atoms with van der Waals surface area (Å²) in [6.45, 7) is 1.55. The number of hydrogen-bond acceptors (Lipinski definition) is 7. The van der Waals surface area contributed by atoms with E-state index < -0.39 is 17.6 Å². The Morgan fingerprint density at radius 1 is 1.12 bits per heavy atom. The maximum Gasteiger partial charge on any atom is 0.335 e. The lowest BCUT2D eigenvalue weighted by Crippen LogP contribution is -2.34. The number of amides is 2. The van der Waals surface area contributed by atoms with Gasteiger partial charge in [0.25, 0.3) is 0 Å². The summed E-state index contributed by atoms with van der Waals surface area (Å²) in [5.74, 6) is -1.84. The number of halogens is 2. The molecule has 4 heterocycles. The second-order valence-corrected chi connectivity index (χ2v) is 9.93. The Bertz CT molecular complexity index is 1750. The van der Waals surface area contributed by atoms with Crippen LogP contribution >= 0.6 is 0 Å². The van der Waals surface area contributed by atoms with Crippen molar-refractivity contribution in [3.05, 3.63) is 82.8 Å². The minimum absolute atomic E-state index is 0.0257. The summed E-state index contributed by atoms with van der Waals surface area (Å²) in [7, 11) is 0. The standard InChI is InChI=1S/C29H24F2N6O5/c30-20-3-6-26(34-23(20)16-42-25-5-1-17(13-32)11-21(25)31)36-9-8-35(29(36)40)15-27-33-22-4-2-18(28(38)39)12-24(22)37(27)14-19-7-10-41-19/h1-6,11-12,19H,7-10,14-16H2,(H,38,39). The van der Waals surface area contributed by atoms with E-state index in [9.17, 15) is 23.5 Å². The molecule has 2 saturated heterocycles. The highest BCUT2D eigenvalue weighted by atomic mass is 19.1. The third-order valence-electron chi connectivity index (χ3n) is 7.29. The van der Waals surface area contributed by atoms with Gasteiger partial charge < -0.3 is 24.0 Å². The molecule has 2 aromatic carbocycles. The Balaban J connectivity index is 1.20. The summed E-state index contributed by atoms with van der Waals surface area (Å²) in [6, 6.07) is 12.4. The number of aromatic carboxylic acids is 1. The van der Waals surface area contributed by atoms with Crippen LogP contribution in [0, 0.1) is 23.0 Å². The number of ether oxygens (including phenoxy) is 2. The number of pyridine rings is 1. The molecule has 11 nitrogen and oxygen atoms in total. The number of aromatic nitrogens is 3. The molecule has 1 atom stereocenters. The van der Waals surface area contributed by atoms with E-state index in [-0.39, 0.29) is 60.2 Å². The van der Waals surface area contributed by atoms with E-state index >= 15 is 0 Å². The van der Waals surface area contributed by atoms with Gasteiger partial charge >= 0.3 is 12.0 Å². The van der Waals surface area contributed by atoms with Crippen molar-refractivity contribution in [3.8, 4) is 11.8 Å². The molecule has 4 aromatic rings. The van der Waals surface area contributed by atoms with Crippen molar-refractivity contribution in [1.82, 2.24) is 19.4 Å². The number of hydrogen-bond donors (Lipinski definition) is 1. The number of carbonyl (C=O) groups is 2. The van der Waals surface area contributed by atoms with Crippen molar-refractivity contribution in [2.45, 2.75) is 32.2 Å². The van der Waals surface area contributed by atoms with E-state index in [1.54, 1.807) is 17.0 Å². The van der Waals surface area contributed by atoms with Gasteiger partial charge in [0.15, 0.2) is 11.6 Å². The van der Waals surface area contributed by atoms with Gasteiger partial charge in [-0.1, -0.05) is 0 Å². The number of urea groups is 1. The first-order valence-corrected chi connectivity index (χ1v) is 13.2. The molecule has 0 saturated carbocycles. The summed E-state index contributed by atoms with van der Waals surface area (Å²) in [6.07, 6.45) is 0.844. The average Bonchev–Trinajstić information content (AvgIpc) is 3.49. The monoisotopic (exact) mass is 574 g/mol. The molecule has 2 fully saturated rings. The number of nitrogens with zero attached hydrogens (tertiary/aromatic N) is 6. The first kappa shape index (κ1) is 27.1. The van der Waals surface area contributed by atoms with Gasteiger partial charge in [0.1, 0.15) is 29.8 Å². The van der Waals surface area contributed by atoms with Gasteiger partial charge in [-0.05, 0) is 55.0 Å². The van der Waals surface area contributed by atoms with Crippen molar-refractivity contribution in [1.29, 1.82) is 5.26 Å². The third kappa shape index (κ3) is 5.19. The Morgan fingerprint density at radius 3 is 2.67 bits per heavy atom. The minimum atomic E-state index is -1.05. The Hall–Kier alpha value is -5.09. The van der Waals surface area contributed by atoms with Crippen LogP contribution in [0.1, 0.15) is 33.9 Å². The molecule has 0 bridgehead atoms. The molecule has 13 heteroatoms. The molecule has 1 unspecified atom stereocenters. The van der Waals surface area contributed by atoms with E-state index in [0.717, 1.165) is 12.5 Å². The molecule has 0 radical (unpaired) electrons. The van der Waals surface area contributed by atoms with Crippen LogP contribution in [0.15, 0.2) is 48.5 Å². The summed E-state index contributed by atoms with van der Waals surface area (Å²) in [5.41, 5.74) is 1.41. The molecule has 0 aliphatic carbocycles. The van der Waals surface area contributed by atoms with Crippen molar-refractivity contribution in [2.75, 3.05) is 24.6 Å². The first-order chi connectivity index (χ1) is 20.3. The predicted octanol–water partition coefficient (Wildman–Crippen LogP) is 4.09. The molecule has 2 aliphatic rings. The number of imidazole rings is 1.